The molecule has 4 aliphatic heterocycles. The Morgan fingerprint density at radius 2 is 0.788 bits per heavy atom. The number of anilines is 4. The maximum atomic E-state index is 14.7. The van der Waals surface area contributed by atoms with Crippen LogP contribution in [0.1, 0.15) is 158 Å². The molecule has 0 aliphatic carbocycles. The van der Waals surface area contributed by atoms with E-state index in [-0.39, 0.29) is 61.0 Å². The Labute approximate surface area is 777 Å². The first kappa shape index (κ1) is 98.8. The van der Waals surface area contributed by atoms with Crippen LogP contribution in [0.25, 0.3) is 43.6 Å². The van der Waals surface area contributed by atoms with Crippen LogP contribution in [0.2, 0.25) is 0 Å². The summed E-state index contributed by atoms with van der Waals surface area (Å²) in [4.78, 5) is 21.6. The van der Waals surface area contributed by atoms with Crippen molar-refractivity contribution in [3.63, 3.8) is 0 Å². The van der Waals surface area contributed by atoms with Gasteiger partial charge in [0.2, 0.25) is 0 Å². The second-order valence-corrected chi connectivity index (χ2v) is 44.2. The number of nitrogens with zero attached hydrogens (tertiary/aromatic N) is 14. The highest BCUT2D eigenvalue weighted by Crippen LogP contribution is 2.38. The number of terminal acetylenes is 1. The third kappa shape index (κ3) is 23.7. The highest BCUT2D eigenvalue weighted by Gasteiger charge is 2.35. The maximum Gasteiger partial charge on any atom is 0.264 e. The number of primary amides is 1. The predicted molar refractivity (Wildman–Crippen MR) is 517 cm³/mol. The van der Waals surface area contributed by atoms with Crippen molar-refractivity contribution in [1.82, 2.24) is 49.1 Å². The molecule has 10 heterocycles. The summed E-state index contributed by atoms with van der Waals surface area (Å²) in [6.07, 6.45) is 24.3. The fourth-order valence-electron chi connectivity index (χ4n) is 17.2. The lowest BCUT2D eigenvalue weighted by molar-refractivity contribution is 0.0604. The summed E-state index contributed by atoms with van der Waals surface area (Å²) in [6.45, 7) is 35.6. The summed E-state index contributed by atoms with van der Waals surface area (Å²) < 4.78 is 160. The van der Waals surface area contributed by atoms with E-state index in [1.165, 1.54) is 31.2 Å². The van der Waals surface area contributed by atoms with Crippen molar-refractivity contribution in [1.29, 1.82) is 0 Å². The molecule has 6 aromatic heterocycles. The van der Waals surface area contributed by atoms with E-state index in [9.17, 15) is 42.9 Å². The topological polar surface area (TPSA) is 327 Å². The highest BCUT2D eigenvalue weighted by molar-refractivity contribution is 7.93. The number of aryl methyl sites for hydroxylation is 5. The van der Waals surface area contributed by atoms with Crippen molar-refractivity contribution < 1.29 is 61.8 Å². The van der Waals surface area contributed by atoms with Crippen molar-refractivity contribution in [3.05, 3.63) is 204 Å². The first-order chi connectivity index (χ1) is 63.0. The molecule has 4 aliphatic rings. The van der Waals surface area contributed by atoms with Crippen LogP contribution >= 0.6 is 0 Å². The lowest BCUT2D eigenvalue weighted by atomic mass is 10.0. The lowest BCUT2D eigenvalue weighted by Crippen LogP contribution is -2.35. The SMILES string of the molecule is C#Cc1cc(C)ccc1N(CC(C)C)S(=O)(=O)c1ccc2c(cnn2CC2CCOCC2)c1.CCc1ccc(N(CC(C)C)S(=O)(=O)c2cc(C(N)=O)c3c(cnn3CC3CCOCC3)c2)cc1.Cc1cc(C)c(N(CC(C)C)S(=O)(=O)c2ccc3c(cnn3CC3CCOCC3)c2)cn1.Cc1cc(F)c(N(CC(C)C)S(=O)(=O)c2ccc3c(cnn3CC3CCOCC3)c2)cn1. The molecule has 132 heavy (non-hydrogen) atoms. The third-order valence-corrected chi connectivity index (χ3v) is 31.4. The zero-order valence-corrected chi connectivity index (χ0v) is 81.3. The highest BCUT2D eigenvalue weighted by atomic mass is 32.2. The van der Waals surface area contributed by atoms with Crippen molar-refractivity contribution in [2.75, 3.05) is 96.3 Å². The van der Waals surface area contributed by atoms with Crippen molar-refractivity contribution in [2.24, 2.45) is 53.1 Å². The van der Waals surface area contributed by atoms with Crippen LogP contribution in [0.5, 0.6) is 0 Å². The number of halogens is 1. The first-order valence-corrected chi connectivity index (χ1v) is 51.6. The number of benzene rings is 6. The largest absolute Gasteiger partial charge is 0.381 e. The van der Waals surface area contributed by atoms with Crippen LogP contribution in [-0.4, -0.2) is 168 Å². The van der Waals surface area contributed by atoms with E-state index in [4.69, 9.17) is 31.1 Å². The Morgan fingerprint density at radius 1 is 0.432 bits per heavy atom. The third-order valence-electron chi connectivity index (χ3n) is 24.3. The van der Waals surface area contributed by atoms with Gasteiger partial charge in [-0.1, -0.05) is 86.4 Å². The molecular formula is C99H126FN15O13S4. The fraction of sp³-hybridized carbons (Fsp3) is 0.465. The average Bonchev–Trinajstić information content (AvgIpc) is 1.43. The number of aromatic nitrogens is 10. The maximum absolute atomic E-state index is 14.7. The van der Waals surface area contributed by atoms with Gasteiger partial charge < -0.3 is 24.7 Å². The van der Waals surface area contributed by atoms with E-state index >= 15 is 0 Å². The zero-order valence-electron chi connectivity index (χ0n) is 78.0. The number of carbonyl (C=O) groups is 1. The number of amides is 1. The minimum absolute atomic E-state index is 0.00330. The lowest BCUT2D eigenvalue weighted by Gasteiger charge is -2.27. The summed E-state index contributed by atoms with van der Waals surface area (Å²) in [7, 11) is -15.5. The molecule has 16 rings (SSSR count). The molecule has 0 spiro atoms. The summed E-state index contributed by atoms with van der Waals surface area (Å²) in [6, 6.07) is 34.8. The van der Waals surface area contributed by atoms with Gasteiger partial charge in [0.25, 0.3) is 46.0 Å². The summed E-state index contributed by atoms with van der Waals surface area (Å²) in [5.41, 5.74) is 15.9. The van der Waals surface area contributed by atoms with Gasteiger partial charge >= 0.3 is 0 Å². The zero-order chi connectivity index (χ0) is 94.5. The van der Waals surface area contributed by atoms with Crippen LogP contribution < -0.4 is 23.0 Å². The van der Waals surface area contributed by atoms with E-state index in [0.29, 0.717) is 102 Å². The van der Waals surface area contributed by atoms with Gasteiger partial charge in [-0.15, -0.1) is 6.42 Å². The molecule has 706 valence electrons. The second-order valence-electron chi connectivity index (χ2n) is 36.8. The minimum Gasteiger partial charge on any atom is -0.381 e. The van der Waals surface area contributed by atoms with Gasteiger partial charge in [-0.25, -0.2) is 38.1 Å². The molecule has 2 N–H and O–H groups in total. The van der Waals surface area contributed by atoms with Gasteiger partial charge in [0.05, 0.1) is 101 Å². The Morgan fingerprint density at radius 3 is 1.17 bits per heavy atom. The van der Waals surface area contributed by atoms with Gasteiger partial charge in [-0.05, 0) is 253 Å². The molecule has 0 atom stereocenters. The molecule has 33 heteroatoms. The number of rotatable bonds is 30. The van der Waals surface area contributed by atoms with Gasteiger partial charge in [0.15, 0.2) is 5.82 Å². The van der Waals surface area contributed by atoms with Crippen LogP contribution in [0, 0.1) is 93.2 Å². The first-order valence-electron chi connectivity index (χ1n) is 45.8. The minimum atomic E-state index is -3.99. The molecule has 1 amide bonds. The molecule has 6 aromatic carbocycles. The Balaban J connectivity index is 0.000000150. The summed E-state index contributed by atoms with van der Waals surface area (Å²) >= 11 is 0. The number of sulfonamides is 4. The van der Waals surface area contributed by atoms with Crippen molar-refractivity contribution >= 4 is 112 Å². The van der Waals surface area contributed by atoms with E-state index in [0.717, 1.165) is 176 Å². The molecule has 0 bridgehead atoms. The number of fused-ring (bicyclic) bond motifs is 4. The molecule has 4 fully saturated rings. The van der Waals surface area contributed by atoms with Crippen LogP contribution in [-0.2, 0) is 91.6 Å². The van der Waals surface area contributed by atoms with E-state index in [1.807, 2.05) is 145 Å². The Hall–Kier alpha value is -10.7. The Bertz CT molecular complexity index is 6360. The molecule has 12 aromatic rings. The van der Waals surface area contributed by atoms with Gasteiger partial charge in [0, 0.05) is 144 Å². The van der Waals surface area contributed by atoms with E-state index < -0.39 is 51.8 Å². The van der Waals surface area contributed by atoms with Crippen molar-refractivity contribution in [2.45, 2.75) is 194 Å². The van der Waals surface area contributed by atoms with Crippen LogP contribution in [0.15, 0.2) is 178 Å². The van der Waals surface area contributed by atoms with Crippen LogP contribution in [0.4, 0.5) is 27.1 Å². The standard InChI is InChI=1S/C26H34N4O4S.C26H31N3O3S.C24H32N4O3S.C23H29FN4O3S/c1-4-19-5-7-22(8-6-19)30(16-18(2)3)35(32,33)23-13-21-15-28-29(17-20-9-11-34-12-10-20)25(21)24(14-23)26(27)31;1-5-22-14-20(4)6-8-26(22)29(17-19(2)3)33(30,31)24-7-9-25-23(15-24)16-27-28(25)18-21-10-12-32-13-11-21;1-17(2)15-28(24-14-25-19(4)11-18(24)3)32(29,30)22-5-6-23-21(12-22)13-26-27(23)16-20-7-9-31-10-8-20;1-16(2)14-28(23-13-25-17(3)10-21(23)24)32(29,30)20-4-5-22-19(11-20)12-26-27(22)15-18-6-8-31-9-7-18/h5-8,13-15,18,20H,4,9-12,16-17H2,1-3H3,(H2,27,31);1,6-9,14-16,19,21H,10-13,17-18H2,2-4H3;5-6,11-14,17,20H,7-10,15-16H2,1-4H3;4-5,10-13,16,18H,6-9,14-15H2,1-3H3. The molecule has 0 unspecified atom stereocenters. The van der Waals surface area contributed by atoms with Crippen LogP contribution in [0.3, 0.4) is 0 Å². The van der Waals surface area contributed by atoms with E-state index in [2.05, 4.69) is 43.2 Å². The molecule has 0 radical (unpaired) electrons. The van der Waals surface area contributed by atoms with Gasteiger partial charge in [0.1, 0.15) is 5.69 Å². The number of nitrogens with two attached hydrogens (primary N) is 1. The smallest absolute Gasteiger partial charge is 0.264 e. The monoisotopic (exact) mass is 1880 g/mol. The number of hydrogen-bond donors (Lipinski definition) is 1. The van der Waals surface area contributed by atoms with Gasteiger partial charge in [-0.3, -0.25) is 50.7 Å². The Kier molecular flexibility index (Phi) is 32.6. The predicted octanol–water partition coefficient (Wildman–Crippen LogP) is 17.1. The number of pyridine rings is 2. The fourth-order valence-corrected chi connectivity index (χ4v) is 23.9. The quantitative estimate of drug-likeness (QED) is 0.0409. The van der Waals surface area contributed by atoms with Crippen molar-refractivity contribution in [3.8, 4) is 12.3 Å². The van der Waals surface area contributed by atoms with Gasteiger partial charge in [-0.2, -0.15) is 20.4 Å². The normalized spacial score (nSPS) is 15.3. The molecule has 28 nitrogen and oxygen atoms in total. The van der Waals surface area contributed by atoms with E-state index in [1.54, 1.807) is 97.2 Å². The number of ether oxygens (including phenoxy) is 4. The summed E-state index contributed by atoms with van der Waals surface area (Å²) in [5, 5.41) is 21.0. The second kappa shape index (κ2) is 43.5. The molecule has 4 saturated heterocycles. The summed E-state index contributed by atoms with van der Waals surface area (Å²) in [5.74, 6) is 3.68. The molecular weight excluding hydrogens is 1750 g/mol. The number of hydrogen-bond acceptors (Lipinski definition) is 19. The number of carbonyl (C=O) groups excluding carboxylic acids is 1. The molecule has 0 saturated carbocycles. The average molecular weight is 1880 g/mol.